The monoisotopic (exact) mass is 250 g/mol. The molecule has 1 unspecified atom stereocenters. The van der Waals surface area contributed by atoms with E-state index in [0.717, 1.165) is 5.69 Å². The molecule has 0 aliphatic carbocycles. The molecule has 1 heterocycles. The van der Waals surface area contributed by atoms with Crippen molar-refractivity contribution in [1.82, 2.24) is 10.3 Å². The average Bonchev–Trinajstić information content (AvgIpc) is 2.24. The van der Waals surface area contributed by atoms with Crippen molar-refractivity contribution in [1.29, 1.82) is 0 Å². The van der Waals surface area contributed by atoms with Gasteiger partial charge in [-0.25, -0.2) is 0 Å². The topological polar surface area (TPSA) is 111 Å². The SMILES string of the molecule is Cc1cc(N)c(C(=O)NC(C(N)=O)C(C)C)cn1. The van der Waals surface area contributed by atoms with Gasteiger partial charge in [0, 0.05) is 17.6 Å². The van der Waals surface area contributed by atoms with Crippen LogP contribution in [0.2, 0.25) is 0 Å². The minimum absolute atomic E-state index is 0.0916. The van der Waals surface area contributed by atoms with E-state index in [1.165, 1.54) is 6.20 Å². The Balaban J connectivity index is 2.91. The minimum atomic E-state index is -0.724. The fraction of sp³-hybridized carbons (Fsp3) is 0.417. The molecule has 1 rings (SSSR count). The van der Waals surface area contributed by atoms with Crippen molar-refractivity contribution in [2.24, 2.45) is 11.7 Å². The molecule has 18 heavy (non-hydrogen) atoms. The van der Waals surface area contributed by atoms with Crippen molar-refractivity contribution in [3.05, 3.63) is 23.5 Å². The zero-order chi connectivity index (χ0) is 13.9. The van der Waals surface area contributed by atoms with E-state index >= 15 is 0 Å². The molecule has 0 bridgehead atoms. The molecule has 0 spiro atoms. The maximum Gasteiger partial charge on any atom is 0.255 e. The highest BCUT2D eigenvalue weighted by molar-refractivity contribution is 6.01. The van der Waals surface area contributed by atoms with Crippen LogP contribution in [0.5, 0.6) is 0 Å². The molecular weight excluding hydrogens is 232 g/mol. The largest absolute Gasteiger partial charge is 0.398 e. The van der Waals surface area contributed by atoms with Crippen LogP contribution in [-0.2, 0) is 4.79 Å². The molecule has 2 amide bonds. The average molecular weight is 250 g/mol. The number of nitrogens with zero attached hydrogens (tertiary/aromatic N) is 1. The summed E-state index contributed by atoms with van der Waals surface area (Å²) in [5.74, 6) is -1.11. The lowest BCUT2D eigenvalue weighted by Gasteiger charge is -2.19. The van der Waals surface area contributed by atoms with Crippen LogP contribution in [0.1, 0.15) is 29.9 Å². The van der Waals surface area contributed by atoms with Crippen LogP contribution in [0.25, 0.3) is 0 Å². The standard InChI is InChI=1S/C12H18N4O2/c1-6(2)10(11(14)17)16-12(18)8-5-15-7(3)4-9(8)13/h4-6,10H,1-3H3,(H2,13,15)(H2,14,17)(H,16,18). The molecule has 1 atom stereocenters. The van der Waals surface area contributed by atoms with Crippen molar-refractivity contribution in [3.63, 3.8) is 0 Å². The summed E-state index contributed by atoms with van der Waals surface area (Å²) in [6, 6.07) is 0.877. The number of anilines is 1. The molecule has 0 aliphatic rings. The number of amides is 2. The smallest absolute Gasteiger partial charge is 0.255 e. The Labute approximate surface area is 106 Å². The highest BCUT2D eigenvalue weighted by atomic mass is 16.2. The molecule has 0 radical (unpaired) electrons. The van der Waals surface area contributed by atoms with Crippen molar-refractivity contribution in [3.8, 4) is 0 Å². The Bertz CT molecular complexity index is 471. The summed E-state index contributed by atoms with van der Waals surface area (Å²) in [4.78, 5) is 27.2. The summed E-state index contributed by atoms with van der Waals surface area (Å²) in [7, 11) is 0. The number of aromatic nitrogens is 1. The number of rotatable bonds is 4. The molecule has 0 aliphatic heterocycles. The van der Waals surface area contributed by atoms with Gasteiger partial charge in [0.2, 0.25) is 5.91 Å². The second-order valence-corrected chi connectivity index (χ2v) is 4.51. The molecule has 98 valence electrons. The molecule has 0 aromatic carbocycles. The van der Waals surface area contributed by atoms with Crippen LogP contribution in [0.15, 0.2) is 12.3 Å². The first-order valence-electron chi connectivity index (χ1n) is 5.65. The molecule has 1 aromatic heterocycles. The van der Waals surface area contributed by atoms with E-state index in [4.69, 9.17) is 11.5 Å². The van der Waals surface area contributed by atoms with E-state index < -0.39 is 17.9 Å². The number of nitrogen functional groups attached to an aromatic ring is 1. The lowest BCUT2D eigenvalue weighted by molar-refractivity contribution is -0.120. The summed E-state index contributed by atoms with van der Waals surface area (Å²) in [6.07, 6.45) is 1.39. The Morgan fingerprint density at radius 1 is 1.39 bits per heavy atom. The van der Waals surface area contributed by atoms with Gasteiger partial charge in [0.1, 0.15) is 6.04 Å². The third kappa shape index (κ3) is 3.19. The first-order chi connectivity index (χ1) is 8.32. The summed E-state index contributed by atoms with van der Waals surface area (Å²) < 4.78 is 0. The van der Waals surface area contributed by atoms with Gasteiger partial charge in [-0.1, -0.05) is 13.8 Å². The van der Waals surface area contributed by atoms with E-state index in [1.54, 1.807) is 26.8 Å². The number of carbonyl (C=O) groups excluding carboxylic acids is 2. The molecular formula is C12H18N4O2. The zero-order valence-electron chi connectivity index (χ0n) is 10.7. The fourth-order valence-corrected chi connectivity index (χ4v) is 1.56. The van der Waals surface area contributed by atoms with Crippen LogP contribution in [0.3, 0.4) is 0 Å². The maximum absolute atomic E-state index is 12.0. The molecule has 0 saturated carbocycles. The zero-order valence-corrected chi connectivity index (χ0v) is 10.7. The molecule has 6 nitrogen and oxygen atoms in total. The molecule has 6 heteroatoms. The lowest BCUT2D eigenvalue weighted by atomic mass is 10.0. The van der Waals surface area contributed by atoms with Gasteiger partial charge in [0.15, 0.2) is 0 Å². The quantitative estimate of drug-likeness (QED) is 0.709. The predicted molar refractivity (Wildman–Crippen MR) is 68.7 cm³/mol. The minimum Gasteiger partial charge on any atom is -0.398 e. The Morgan fingerprint density at radius 2 is 2.00 bits per heavy atom. The fourth-order valence-electron chi connectivity index (χ4n) is 1.56. The van der Waals surface area contributed by atoms with Crippen molar-refractivity contribution in [2.75, 3.05) is 5.73 Å². The number of hydrogen-bond acceptors (Lipinski definition) is 4. The molecule has 0 fully saturated rings. The number of aryl methyl sites for hydroxylation is 1. The van der Waals surface area contributed by atoms with Gasteiger partial charge in [-0.2, -0.15) is 0 Å². The van der Waals surface area contributed by atoms with Gasteiger partial charge < -0.3 is 16.8 Å². The van der Waals surface area contributed by atoms with Crippen LogP contribution < -0.4 is 16.8 Å². The first-order valence-corrected chi connectivity index (χ1v) is 5.65. The number of hydrogen-bond donors (Lipinski definition) is 3. The normalized spacial score (nSPS) is 12.2. The van der Waals surface area contributed by atoms with Crippen molar-refractivity contribution < 1.29 is 9.59 Å². The highest BCUT2D eigenvalue weighted by Crippen LogP contribution is 2.12. The Kier molecular flexibility index (Phi) is 4.25. The van der Waals surface area contributed by atoms with E-state index in [9.17, 15) is 9.59 Å². The summed E-state index contributed by atoms with van der Waals surface area (Å²) >= 11 is 0. The van der Waals surface area contributed by atoms with E-state index in [0.29, 0.717) is 5.69 Å². The van der Waals surface area contributed by atoms with Gasteiger partial charge in [-0.05, 0) is 18.9 Å². The maximum atomic E-state index is 12.0. The Morgan fingerprint density at radius 3 is 2.44 bits per heavy atom. The highest BCUT2D eigenvalue weighted by Gasteiger charge is 2.23. The van der Waals surface area contributed by atoms with Crippen molar-refractivity contribution in [2.45, 2.75) is 26.8 Å². The van der Waals surface area contributed by atoms with Gasteiger partial charge >= 0.3 is 0 Å². The van der Waals surface area contributed by atoms with Gasteiger partial charge in [-0.3, -0.25) is 14.6 Å². The van der Waals surface area contributed by atoms with Crippen LogP contribution in [-0.4, -0.2) is 22.8 Å². The van der Waals surface area contributed by atoms with Crippen LogP contribution >= 0.6 is 0 Å². The second-order valence-electron chi connectivity index (χ2n) is 4.51. The number of primary amides is 1. The molecule has 0 saturated heterocycles. The molecule has 1 aromatic rings. The van der Waals surface area contributed by atoms with Crippen molar-refractivity contribution >= 4 is 17.5 Å². The van der Waals surface area contributed by atoms with E-state index in [2.05, 4.69) is 10.3 Å². The van der Waals surface area contributed by atoms with E-state index in [1.807, 2.05) is 0 Å². The van der Waals surface area contributed by atoms with Gasteiger partial charge in [-0.15, -0.1) is 0 Å². The van der Waals surface area contributed by atoms with E-state index in [-0.39, 0.29) is 11.5 Å². The molecule has 5 N–H and O–H groups in total. The second kappa shape index (κ2) is 5.48. The van der Waals surface area contributed by atoms with Gasteiger partial charge in [0.25, 0.3) is 5.91 Å². The lowest BCUT2D eigenvalue weighted by Crippen LogP contribution is -2.47. The number of pyridine rings is 1. The van der Waals surface area contributed by atoms with Crippen LogP contribution in [0, 0.1) is 12.8 Å². The Hall–Kier alpha value is -2.11. The third-order valence-electron chi connectivity index (χ3n) is 2.58. The summed E-state index contributed by atoms with van der Waals surface area (Å²) in [5, 5.41) is 2.56. The number of carbonyl (C=O) groups is 2. The first kappa shape index (κ1) is 14.0. The summed E-state index contributed by atoms with van der Waals surface area (Å²) in [5.41, 5.74) is 12.2. The van der Waals surface area contributed by atoms with Gasteiger partial charge in [0.05, 0.1) is 5.56 Å². The predicted octanol–water partition coefficient (Wildman–Crippen LogP) is 0.212. The third-order valence-corrected chi connectivity index (χ3v) is 2.58. The number of nitrogens with two attached hydrogens (primary N) is 2. The summed E-state index contributed by atoms with van der Waals surface area (Å²) in [6.45, 7) is 5.37. The number of nitrogens with one attached hydrogen (secondary N) is 1. The van der Waals surface area contributed by atoms with Crippen LogP contribution in [0.4, 0.5) is 5.69 Å².